The number of nitrogens with zero attached hydrogens (tertiary/aromatic N) is 1. The van der Waals surface area contributed by atoms with Crippen LogP contribution in [0.2, 0.25) is 5.02 Å². The summed E-state index contributed by atoms with van der Waals surface area (Å²) in [5.41, 5.74) is -1.05. The van der Waals surface area contributed by atoms with Gasteiger partial charge in [0.1, 0.15) is 0 Å². The van der Waals surface area contributed by atoms with E-state index >= 15 is 0 Å². The van der Waals surface area contributed by atoms with Crippen LogP contribution in [0.5, 0.6) is 0 Å². The molecule has 0 radical (unpaired) electrons. The number of benzene rings is 1. The minimum Gasteiger partial charge on any atom is -0.306 e. The highest BCUT2D eigenvalue weighted by atomic mass is 35.5. The van der Waals surface area contributed by atoms with Gasteiger partial charge in [0.2, 0.25) is 0 Å². The molecule has 1 atom stereocenters. The van der Waals surface area contributed by atoms with E-state index < -0.39 is 37.5 Å². The van der Waals surface area contributed by atoms with E-state index in [0.717, 1.165) is 0 Å². The lowest BCUT2D eigenvalue weighted by atomic mass is 9.58. The van der Waals surface area contributed by atoms with E-state index in [1.807, 2.05) is 13.8 Å². The molecule has 0 spiro atoms. The number of rotatable bonds is 5. The molecule has 0 amide bonds. The van der Waals surface area contributed by atoms with Gasteiger partial charge in [0, 0.05) is 24.7 Å². The Balaban J connectivity index is 2.82. The van der Waals surface area contributed by atoms with Gasteiger partial charge >= 0.3 is 0 Å². The van der Waals surface area contributed by atoms with E-state index in [-0.39, 0.29) is 35.0 Å². The van der Waals surface area contributed by atoms with Crippen LogP contribution < -0.4 is 0 Å². The molecule has 1 aromatic carbocycles. The fraction of sp³-hybridized carbons (Fsp3) is 0.647. The van der Waals surface area contributed by atoms with E-state index in [2.05, 4.69) is 0 Å². The van der Waals surface area contributed by atoms with Gasteiger partial charge in [-0.25, -0.2) is 0 Å². The zero-order valence-corrected chi connectivity index (χ0v) is 12.1. The summed E-state index contributed by atoms with van der Waals surface area (Å²) < 4.78 is 80.4. The summed E-state index contributed by atoms with van der Waals surface area (Å²) in [7, 11) is 0. The van der Waals surface area contributed by atoms with Crippen molar-refractivity contribution in [2.45, 2.75) is 51.0 Å². The Kier molecular flexibility index (Phi) is 2.00. The minimum absolute atomic E-state index is 0.0497. The molecule has 2 heteroatoms. The summed E-state index contributed by atoms with van der Waals surface area (Å²) in [5, 5.41) is -0.304. The highest BCUT2D eigenvalue weighted by Gasteiger charge is 2.46. The summed E-state index contributed by atoms with van der Waals surface area (Å²) in [4.78, 5) is 0.555. The molecular formula is C17H26ClN. The van der Waals surface area contributed by atoms with Gasteiger partial charge in [-0.1, -0.05) is 44.0 Å². The fourth-order valence-corrected chi connectivity index (χ4v) is 2.97. The zero-order chi connectivity index (χ0) is 22.5. The van der Waals surface area contributed by atoms with Crippen molar-refractivity contribution < 1.29 is 13.7 Å². The Morgan fingerprint density at radius 1 is 1.32 bits per heavy atom. The van der Waals surface area contributed by atoms with Crippen LogP contribution in [0.4, 0.5) is 0 Å². The van der Waals surface area contributed by atoms with Crippen LogP contribution in [-0.4, -0.2) is 24.9 Å². The predicted octanol–water partition coefficient (Wildman–Crippen LogP) is 4.74. The number of hydrogen-bond donors (Lipinski definition) is 0. The Morgan fingerprint density at radius 3 is 2.37 bits per heavy atom. The first-order chi connectivity index (χ1) is 13.1. The Morgan fingerprint density at radius 2 is 1.95 bits per heavy atom. The van der Waals surface area contributed by atoms with Crippen molar-refractivity contribution in [3.05, 3.63) is 34.8 Å². The zero-order valence-electron chi connectivity index (χ0n) is 21.3. The number of likely N-dealkylation sites (N-methyl/N-ethyl adjacent to an activating group) is 1. The lowest BCUT2D eigenvalue weighted by Gasteiger charge is -2.51. The molecule has 19 heavy (non-hydrogen) atoms. The topological polar surface area (TPSA) is 3.24 Å². The third-order valence-electron chi connectivity index (χ3n) is 3.98. The van der Waals surface area contributed by atoms with Crippen molar-refractivity contribution in [3.8, 4) is 0 Å². The van der Waals surface area contributed by atoms with Gasteiger partial charge < -0.3 is 4.90 Å². The van der Waals surface area contributed by atoms with Crippen LogP contribution >= 0.6 is 11.6 Å². The maximum atomic E-state index is 8.42. The summed E-state index contributed by atoms with van der Waals surface area (Å²) in [5.74, 6) is -0.0497. The SMILES string of the molecule is [2H]c1c([2H])c(C2(C(CC(C)C)N(C([2H])([2H])[2H])C([2H])([2H])[2H])CCC2)c([2H])c([2H])c1Cl. The summed E-state index contributed by atoms with van der Waals surface area (Å²) >= 11 is 5.94. The van der Waals surface area contributed by atoms with Gasteiger partial charge in [-0.05, 0) is 56.8 Å². The highest BCUT2D eigenvalue weighted by molar-refractivity contribution is 6.30. The molecule has 1 aliphatic carbocycles. The van der Waals surface area contributed by atoms with Gasteiger partial charge in [0.15, 0.2) is 0 Å². The summed E-state index contributed by atoms with van der Waals surface area (Å²) in [6, 6.07) is -2.47. The van der Waals surface area contributed by atoms with Crippen molar-refractivity contribution >= 4 is 11.6 Å². The molecule has 0 bridgehead atoms. The Hall–Kier alpha value is -0.530. The molecule has 1 saturated carbocycles. The summed E-state index contributed by atoms with van der Waals surface area (Å²) in [6.45, 7) is -2.13. The molecule has 1 aromatic rings. The first kappa shape index (κ1) is 6.49. The third-order valence-corrected chi connectivity index (χ3v) is 4.17. The predicted molar refractivity (Wildman–Crippen MR) is 83.9 cm³/mol. The Bertz CT molecular complexity index is 724. The van der Waals surface area contributed by atoms with Crippen LogP contribution in [0.1, 0.15) is 58.8 Å². The normalized spacial score (nSPS) is 28.5. The molecule has 0 heterocycles. The first-order valence-corrected chi connectivity index (χ1v) is 6.99. The lowest BCUT2D eigenvalue weighted by molar-refractivity contribution is 0.0808. The van der Waals surface area contributed by atoms with E-state index in [4.69, 9.17) is 25.3 Å². The van der Waals surface area contributed by atoms with E-state index in [0.29, 0.717) is 24.2 Å². The van der Waals surface area contributed by atoms with Crippen LogP contribution in [0, 0.1) is 5.92 Å². The van der Waals surface area contributed by atoms with Crippen LogP contribution in [0.3, 0.4) is 0 Å². The molecule has 2 rings (SSSR count). The van der Waals surface area contributed by atoms with Crippen molar-refractivity contribution in [3.63, 3.8) is 0 Å². The number of halogens is 1. The second-order valence-electron chi connectivity index (χ2n) is 5.71. The van der Waals surface area contributed by atoms with Crippen molar-refractivity contribution in [1.29, 1.82) is 0 Å². The highest BCUT2D eigenvalue weighted by Crippen LogP contribution is 2.49. The average Bonchev–Trinajstić information content (AvgIpc) is 2.49. The van der Waals surface area contributed by atoms with Gasteiger partial charge in [0.25, 0.3) is 0 Å². The molecule has 0 aliphatic heterocycles. The second kappa shape index (κ2) is 5.85. The second-order valence-corrected chi connectivity index (χ2v) is 6.09. The number of hydrogen-bond acceptors (Lipinski definition) is 1. The van der Waals surface area contributed by atoms with Crippen molar-refractivity contribution in [2.24, 2.45) is 5.92 Å². The summed E-state index contributed by atoms with van der Waals surface area (Å²) in [6.07, 6.45) is 1.65. The molecule has 1 aliphatic rings. The largest absolute Gasteiger partial charge is 0.306 e. The quantitative estimate of drug-likeness (QED) is 0.757. The van der Waals surface area contributed by atoms with E-state index in [1.54, 1.807) is 0 Å². The van der Waals surface area contributed by atoms with Crippen LogP contribution in [0.15, 0.2) is 24.2 Å². The smallest absolute Gasteiger partial charge is 0.0639 e. The molecule has 106 valence electrons. The molecular weight excluding hydrogens is 254 g/mol. The standard InChI is InChI=1S/C17H26ClN/c1-13(2)12-16(19(3)4)17(10-5-11-17)14-6-8-15(18)9-7-14/h6-9,13,16H,5,10-12H2,1-4H3/i3D3,4D3,6D,7D,8D,9D. The Labute approximate surface area is 137 Å². The third kappa shape index (κ3) is 2.98. The van der Waals surface area contributed by atoms with Crippen molar-refractivity contribution in [1.82, 2.24) is 4.90 Å². The maximum absolute atomic E-state index is 8.42. The fourth-order valence-electron chi connectivity index (χ4n) is 2.88. The minimum atomic E-state index is -2.92. The van der Waals surface area contributed by atoms with E-state index in [9.17, 15) is 0 Å². The molecule has 1 unspecified atom stereocenters. The molecule has 0 saturated heterocycles. The molecule has 0 aromatic heterocycles. The lowest BCUT2D eigenvalue weighted by Crippen LogP contribution is -2.52. The van der Waals surface area contributed by atoms with Gasteiger partial charge in [-0.15, -0.1) is 0 Å². The molecule has 1 fully saturated rings. The molecule has 0 N–H and O–H groups in total. The van der Waals surface area contributed by atoms with Gasteiger partial charge in [-0.2, -0.15) is 0 Å². The van der Waals surface area contributed by atoms with Crippen LogP contribution in [-0.2, 0) is 5.41 Å². The van der Waals surface area contributed by atoms with Gasteiger partial charge in [0.05, 0.1) is 5.48 Å². The first-order valence-electron chi connectivity index (χ1n) is 11.6. The van der Waals surface area contributed by atoms with Crippen LogP contribution in [0.25, 0.3) is 0 Å². The van der Waals surface area contributed by atoms with E-state index in [1.165, 1.54) is 0 Å². The monoisotopic (exact) mass is 289 g/mol. The molecule has 1 nitrogen and oxygen atoms in total. The van der Waals surface area contributed by atoms with Gasteiger partial charge in [-0.3, -0.25) is 0 Å². The average molecular weight is 290 g/mol. The maximum Gasteiger partial charge on any atom is 0.0639 e. The van der Waals surface area contributed by atoms with Crippen molar-refractivity contribution in [2.75, 3.05) is 14.0 Å².